The quantitative estimate of drug-likeness (QED) is 0.491. The highest BCUT2D eigenvalue weighted by molar-refractivity contribution is 5.30. The fourth-order valence-corrected chi connectivity index (χ4v) is 1.34. The molecule has 1 aliphatic carbocycles. The van der Waals surface area contributed by atoms with Crippen molar-refractivity contribution in [2.24, 2.45) is 0 Å². The summed E-state index contributed by atoms with van der Waals surface area (Å²) >= 11 is 0. The monoisotopic (exact) mass is 119 g/mol. The predicted octanol–water partition coefficient (Wildman–Crippen LogP) is 2.18. The molecule has 0 radical (unpaired) electrons. The lowest BCUT2D eigenvalue weighted by Crippen LogP contribution is -1.77. The second-order valence-electron chi connectivity index (χ2n) is 2.47. The molecule has 0 spiro atoms. The normalized spacial score (nSPS) is 19.3. The maximum atomic E-state index is 7.52. The second kappa shape index (κ2) is 1.87. The number of rotatable bonds is 0. The van der Waals surface area contributed by atoms with Crippen LogP contribution in [0, 0.1) is 0 Å². The van der Waals surface area contributed by atoms with Gasteiger partial charge in [-0.15, -0.1) is 0 Å². The molecule has 1 aliphatic rings. The van der Waals surface area contributed by atoms with E-state index in [2.05, 4.69) is 24.3 Å². The Hall–Kier alpha value is -0.780. The van der Waals surface area contributed by atoms with Gasteiger partial charge < -0.3 is 0 Å². The number of fused-ring (bicyclic) bond motifs is 1. The SMILES string of the molecule is [2H]C1Cc2ccccc2C1. The fourth-order valence-electron chi connectivity index (χ4n) is 1.34. The molecule has 0 amide bonds. The summed E-state index contributed by atoms with van der Waals surface area (Å²) in [5.41, 5.74) is 2.75. The summed E-state index contributed by atoms with van der Waals surface area (Å²) in [6, 6.07) is 8.36. The van der Waals surface area contributed by atoms with Crippen LogP contribution < -0.4 is 0 Å². The van der Waals surface area contributed by atoms with Gasteiger partial charge in [-0.25, -0.2) is 0 Å². The molecule has 9 heavy (non-hydrogen) atoms. The fraction of sp³-hybridized carbons (Fsp3) is 0.333. The van der Waals surface area contributed by atoms with Crippen molar-refractivity contribution in [1.82, 2.24) is 0 Å². The van der Waals surface area contributed by atoms with Gasteiger partial charge in [-0.2, -0.15) is 0 Å². The summed E-state index contributed by atoms with van der Waals surface area (Å²) in [6.45, 7) is 0. The molecule has 1 aromatic carbocycles. The number of benzene rings is 1. The molecule has 0 atom stereocenters. The molecule has 0 nitrogen and oxygen atoms in total. The third-order valence-corrected chi connectivity index (χ3v) is 1.85. The van der Waals surface area contributed by atoms with Crippen molar-refractivity contribution in [3.05, 3.63) is 35.4 Å². The van der Waals surface area contributed by atoms with Crippen molar-refractivity contribution in [1.29, 1.82) is 0 Å². The molecule has 1 aromatic rings. The van der Waals surface area contributed by atoms with E-state index < -0.39 is 0 Å². The summed E-state index contributed by atoms with van der Waals surface area (Å²) < 4.78 is 7.52. The van der Waals surface area contributed by atoms with Crippen LogP contribution in [0.5, 0.6) is 0 Å². The second-order valence-corrected chi connectivity index (χ2v) is 2.47. The summed E-state index contributed by atoms with van der Waals surface area (Å²) in [5.74, 6) is 0. The topological polar surface area (TPSA) is 0 Å². The van der Waals surface area contributed by atoms with Crippen LogP contribution in [0.4, 0.5) is 0 Å². The minimum absolute atomic E-state index is 0.123. The van der Waals surface area contributed by atoms with Crippen molar-refractivity contribution in [2.45, 2.75) is 19.2 Å². The Morgan fingerprint density at radius 1 is 1.11 bits per heavy atom. The first-order valence-electron chi connectivity index (χ1n) is 3.93. The molecule has 0 fully saturated rings. The van der Waals surface area contributed by atoms with Crippen molar-refractivity contribution in [2.75, 3.05) is 0 Å². The highest BCUT2D eigenvalue weighted by Crippen LogP contribution is 2.20. The van der Waals surface area contributed by atoms with E-state index in [9.17, 15) is 0 Å². The molecule has 46 valence electrons. The lowest BCUT2D eigenvalue weighted by Gasteiger charge is -1.93. The molecule has 0 aliphatic heterocycles. The van der Waals surface area contributed by atoms with Crippen LogP contribution in [0.1, 0.15) is 18.9 Å². The van der Waals surface area contributed by atoms with Crippen LogP contribution in [0.25, 0.3) is 0 Å². The lowest BCUT2D eigenvalue weighted by atomic mass is 10.1. The van der Waals surface area contributed by atoms with Crippen LogP contribution in [0.3, 0.4) is 0 Å². The Bertz CT molecular complexity index is 217. The van der Waals surface area contributed by atoms with Crippen molar-refractivity contribution in [3.63, 3.8) is 0 Å². The maximum absolute atomic E-state index is 7.52. The predicted molar refractivity (Wildman–Crippen MR) is 38.5 cm³/mol. The summed E-state index contributed by atoms with van der Waals surface area (Å²) in [4.78, 5) is 0. The van der Waals surface area contributed by atoms with Crippen LogP contribution in [-0.2, 0) is 12.8 Å². The smallest absolute Gasteiger partial charge is 0.0273 e. The molecular formula is C9H10. The van der Waals surface area contributed by atoms with E-state index in [1.165, 1.54) is 11.1 Å². The first kappa shape index (κ1) is 4.10. The zero-order chi connectivity index (χ0) is 6.97. The van der Waals surface area contributed by atoms with Gasteiger partial charge in [0.15, 0.2) is 0 Å². The molecule has 0 heteroatoms. The van der Waals surface area contributed by atoms with E-state index >= 15 is 0 Å². The first-order chi connectivity index (χ1) is 4.86. The van der Waals surface area contributed by atoms with Crippen molar-refractivity contribution in [3.8, 4) is 0 Å². The van der Waals surface area contributed by atoms with Crippen LogP contribution >= 0.6 is 0 Å². The zero-order valence-corrected chi connectivity index (χ0v) is 5.30. The standard InChI is InChI=1S/C9H10/c1-2-5-9-7-3-6-8(9)4-1/h1-2,4-5H,3,6-7H2/i3D. The molecule has 0 saturated carbocycles. The molecule has 0 aromatic heterocycles. The van der Waals surface area contributed by atoms with Crippen molar-refractivity contribution < 1.29 is 1.37 Å². The average Bonchev–Trinajstić information content (AvgIpc) is 2.27. The van der Waals surface area contributed by atoms with Gasteiger partial charge in [-0.05, 0) is 30.4 Å². The highest BCUT2D eigenvalue weighted by atomic mass is 14.1. The minimum atomic E-state index is 0.123. The summed E-state index contributed by atoms with van der Waals surface area (Å²) in [7, 11) is 0. The van der Waals surface area contributed by atoms with Crippen LogP contribution in [0.2, 0.25) is 0 Å². The number of hydrogen-bond acceptors (Lipinski definition) is 0. The van der Waals surface area contributed by atoms with Gasteiger partial charge in [0.1, 0.15) is 0 Å². The van der Waals surface area contributed by atoms with Crippen LogP contribution in [-0.4, -0.2) is 0 Å². The van der Waals surface area contributed by atoms with E-state index in [1.54, 1.807) is 0 Å². The molecule has 0 heterocycles. The van der Waals surface area contributed by atoms with Gasteiger partial charge in [0.2, 0.25) is 0 Å². The van der Waals surface area contributed by atoms with E-state index in [1.807, 2.05) is 0 Å². The van der Waals surface area contributed by atoms with Gasteiger partial charge in [-0.3, -0.25) is 0 Å². The van der Waals surface area contributed by atoms with E-state index in [-0.39, 0.29) is 6.40 Å². The summed E-state index contributed by atoms with van der Waals surface area (Å²) in [5, 5.41) is 0. The number of hydrogen-bond donors (Lipinski definition) is 0. The van der Waals surface area contributed by atoms with Gasteiger partial charge in [0.05, 0.1) is 0 Å². The van der Waals surface area contributed by atoms with Crippen LogP contribution in [0.15, 0.2) is 24.3 Å². The van der Waals surface area contributed by atoms with Gasteiger partial charge >= 0.3 is 0 Å². The first-order valence-corrected chi connectivity index (χ1v) is 3.35. The van der Waals surface area contributed by atoms with Gasteiger partial charge in [0, 0.05) is 1.37 Å². The number of aryl methyl sites for hydroxylation is 2. The van der Waals surface area contributed by atoms with Crippen molar-refractivity contribution >= 4 is 0 Å². The van der Waals surface area contributed by atoms with Gasteiger partial charge in [-0.1, -0.05) is 24.3 Å². The molecule has 0 unspecified atom stereocenters. The Labute approximate surface area is 56.9 Å². The minimum Gasteiger partial charge on any atom is -0.0620 e. The van der Waals surface area contributed by atoms with Gasteiger partial charge in [0.25, 0.3) is 0 Å². The maximum Gasteiger partial charge on any atom is 0.0273 e. The van der Waals surface area contributed by atoms with E-state index in [4.69, 9.17) is 1.37 Å². The molecular weight excluding hydrogens is 108 g/mol. The molecule has 0 N–H and O–H groups in total. The zero-order valence-electron chi connectivity index (χ0n) is 6.30. The molecule has 0 saturated heterocycles. The Morgan fingerprint density at radius 3 is 2.22 bits per heavy atom. The summed E-state index contributed by atoms with van der Waals surface area (Å²) in [6.07, 6.45) is 2.03. The van der Waals surface area contributed by atoms with E-state index in [0.29, 0.717) is 0 Å². The highest BCUT2D eigenvalue weighted by Gasteiger charge is 2.07. The van der Waals surface area contributed by atoms with E-state index in [0.717, 1.165) is 12.8 Å². The third-order valence-electron chi connectivity index (χ3n) is 1.85. The Kier molecular flexibility index (Phi) is 0.853. The third kappa shape index (κ3) is 0.748. The Balaban J connectivity index is 2.42. The largest absolute Gasteiger partial charge is 0.0620 e. The lowest BCUT2D eigenvalue weighted by molar-refractivity contribution is 0.912. The average molecular weight is 119 g/mol. The Morgan fingerprint density at radius 2 is 1.67 bits per heavy atom. The molecule has 2 rings (SSSR count). The molecule has 0 bridgehead atoms.